The Hall–Kier alpha value is -1.13. The summed E-state index contributed by atoms with van der Waals surface area (Å²) in [5, 5.41) is 12.5. The Morgan fingerprint density at radius 3 is 2.76 bits per heavy atom. The van der Waals surface area contributed by atoms with Gasteiger partial charge in [0.05, 0.1) is 12.1 Å². The van der Waals surface area contributed by atoms with E-state index in [1.54, 1.807) is 13.0 Å². The maximum Gasteiger partial charge on any atom is 0.251 e. The average Bonchev–Trinajstić information content (AvgIpc) is 2.21. The van der Waals surface area contributed by atoms with Crippen molar-refractivity contribution in [3.63, 3.8) is 0 Å². The molecule has 0 spiro atoms. The predicted molar refractivity (Wildman–Crippen MR) is 65.1 cm³/mol. The Morgan fingerprint density at radius 1 is 1.59 bits per heavy atom. The Bertz CT molecular complexity index is 418. The van der Waals surface area contributed by atoms with Crippen LogP contribution in [-0.2, 0) is 0 Å². The highest BCUT2D eigenvalue weighted by atomic mass is 35.5. The molecule has 2 N–H and O–H groups in total. The molecule has 1 aliphatic rings. The lowest BCUT2D eigenvalue weighted by atomic mass is 9.77. The number of amides is 1. The van der Waals surface area contributed by atoms with E-state index in [1.807, 2.05) is 0 Å². The van der Waals surface area contributed by atoms with E-state index in [-0.39, 0.29) is 12.5 Å². The molecule has 0 unspecified atom stereocenters. The van der Waals surface area contributed by atoms with Crippen molar-refractivity contribution in [2.75, 3.05) is 6.61 Å². The largest absolute Gasteiger partial charge is 0.394 e. The SMILES string of the molecule is Cc1cc(C(=O)NC2(CO)CCC2)cc(Cl)n1. The molecular weight excluding hydrogens is 240 g/mol. The lowest BCUT2D eigenvalue weighted by Crippen LogP contribution is -2.56. The molecule has 1 aliphatic carbocycles. The number of aryl methyl sites for hydroxylation is 1. The minimum Gasteiger partial charge on any atom is -0.394 e. The van der Waals surface area contributed by atoms with Gasteiger partial charge in [0.1, 0.15) is 5.15 Å². The van der Waals surface area contributed by atoms with Crippen LogP contribution in [0, 0.1) is 6.92 Å². The maximum atomic E-state index is 12.0. The molecule has 17 heavy (non-hydrogen) atoms. The van der Waals surface area contributed by atoms with Crippen molar-refractivity contribution in [1.29, 1.82) is 0 Å². The molecular formula is C12H15ClN2O2. The Kier molecular flexibility index (Phi) is 3.35. The quantitative estimate of drug-likeness (QED) is 0.807. The molecule has 1 aromatic rings. The van der Waals surface area contributed by atoms with Gasteiger partial charge in [-0.3, -0.25) is 4.79 Å². The summed E-state index contributed by atoms with van der Waals surface area (Å²) in [4.78, 5) is 16.0. The third kappa shape index (κ3) is 2.58. The van der Waals surface area contributed by atoms with Crippen LogP contribution in [0.5, 0.6) is 0 Å². The van der Waals surface area contributed by atoms with Gasteiger partial charge in [0, 0.05) is 11.3 Å². The molecule has 2 rings (SSSR count). The zero-order valence-electron chi connectivity index (χ0n) is 9.66. The van der Waals surface area contributed by atoms with E-state index >= 15 is 0 Å². The zero-order chi connectivity index (χ0) is 12.5. The van der Waals surface area contributed by atoms with Crippen LogP contribution in [0.25, 0.3) is 0 Å². The number of aliphatic hydroxyl groups excluding tert-OH is 1. The van der Waals surface area contributed by atoms with Gasteiger partial charge >= 0.3 is 0 Å². The molecule has 5 heteroatoms. The van der Waals surface area contributed by atoms with E-state index in [2.05, 4.69) is 10.3 Å². The maximum absolute atomic E-state index is 12.0. The summed E-state index contributed by atoms with van der Waals surface area (Å²) in [5.74, 6) is -0.203. The molecule has 0 aliphatic heterocycles. The van der Waals surface area contributed by atoms with E-state index in [0.717, 1.165) is 19.3 Å². The van der Waals surface area contributed by atoms with Crippen molar-refractivity contribution >= 4 is 17.5 Å². The van der Waals surface area contributed by atoms with Crippen LogP contribution in [-0.4, -0.2) is 28.1 Å². The van der Waals surface area contributed by atoms with E-state index in [0.29, 0.717) is 16.4 Å². The van der Waals surface area contributed by atoms with Crippen LogP contribution >= 0.6 is 11.6 Å². The molecule has 92 valence electrons. The van der Waals surface area contributed by atoms with Gasteiger partial charge < -0.3 is 10.4 Å². The highest BCUT2D eigenvalue weighted by Crippen LogP contribution is 2.31. The van der Waals surface area contributed by atoms with Crippen molar-refractivity contribution in [2.45, 2.75) is 31.7 Å². The summed E-state index contributed by atoms with van der Waals surface area (Å²) in [6.45, 7) is 1.77. The predicted octanol–water partition coefficient (Wildman–Crippen LogP) is 1.69. The van der Waals surface area contributed by atoms with Gasteiger partial charge in [-0.25, -0.2) is 4.98 Å². The number of nitrogens with zero attached hydrogens (tertiary/aromatic N) is 1. The summed E-state index contributed by atoms with van der Waals surface area (Å²) >= 11 is 5.81. The summed E-state index contributed by atoms with van der Waals surface area (Å²) in [6, 6.07) is 3.22. The van der Waals surface area contributed by atoms with Crippen LogP contribution in [0.3, 0.4) is 0 Å². The van der Waals surface area contributed by atoms with E-state index in [1.165, 1.54) is 6.07 Å². The van der Waals surface area contributed by atoms with E-state index < -0.39 is 5.54 Å². The minimum absolute atomic E-state index is 0.0173. The molecule has 0 radical (unpaired) electrons. The number of aliphatic hydroxyl groups is 1. The lowest BCUT2D eigenvalue weighted by molar-refractivity contribution is 0.0641. The third-order valence-corrected chi connectivity index (χ3v) is 3.37. The van der Waals surface area contributed by atoms with Crippen molar-refractivity contribution in [3.05, 3.63) is 28.5 Å². The average molecular weight is 255 g/mol. The second kappa shape index (κ2) is 4.63. The van der Waals surface area contributed by atoms with Gasteiger partial charge in [0.2, 0.25) is 0 Å². The summed E-state index contributed by atoms with van der Waals surface area (Å²) in [7, 11) is 0. The molecule has 0 aromatic carbocycles. The van der Waals surface area contributed by atoms with Crippen molar-refractivity contribution in [3.8, 4) is 0 Å². The normalized spacial score (nSPS) is 17.4. The molecule has 1 fully saturated rings. The number of halogens is 1. The standard InChI is InChI=1S/C12H15ClN2O2/c1-8-5-9(6-10(13)14-8)11(17)15-12(7-16)3-2-4-12/h5-6,16H,2-4,7H2,1H3,(H,15,17). The number of carbonyl (C=O) groups excluding carboxylic acids is 1. The highest BCUT2D eigenvalue weighted by molar-refractivity contribution is 6.29. The van der Waals surface area contributed by atoms with Crippen molar-refractivity contribution < 1.29 is 9.90 Å². The lowest BCUT2D eigenvalue weighted by Gasteiger charge is -2.40. The monoisotopic (exact) mass is 254 g/mol. The first-order valence-electron chi connectivity index (χ1n) is 5.62. The topological polar surface area (TPSA) is 62.2 Å². The number of hydrogen-bond donors (Lipinski definition) is 2. The van der Waals surface area contributed by atoms with Gasteiger partial charge in [0.15, 0.2) is 0 Å². The number of pyridine rings is 1. The van der Waals surface area contributed by atoms with Crippen LogP contribution in [0.4, 0.5) is 0 Å². The van der Waals surface area contributed by atoms with Gasteiger partial charge in [-0.1, -0.05) is 11.6 Å². The summed E-state index contributed by atoms with van der Waals surface area (Å²) in [6.07, 6.45) is 2.69. The summed E-state index contributed by atoms with van der Waals surface area (Å²) in [5.41, 5.74) is 0.761. The molecule has 0 saturated heterocycles. The molecule has 0 atom stereocenters. The van der Waals surface area contributed by atoms with Crippen LogP contribution in [0.2, 0.25) is 5.15 Å². The smallest absolute Gasteiger partial charge is 0.251 e. The van der Waals surface area contributed by atoms with E-state index in [4.69, 9.17) is 11.6 Å². The van der Waals surface area contributed by atoms with Crippen molar-refractivity contribution in [1.82, 2.24) is 10.3 Å². The Labute approximate surface area is 105 Å². The first kappa shape index (κ1) is 12.3. The number of rotatable bonds is 3. The first-order chi connectivity index (χ1) is 8.04. The number of aromatic nitrogens is 1. The first-order valence-corrected chi connectivity index (χ1v) is 6.00. The number of nitrogens with one attached hydrogen (secondary N) is 1. The third-order valence-electron chi connectivity index (χ3n) is 3.18. The summed E-state index contributed by atoms with van der Waals surface area (Å²) < 4.78 is 0. The highest BCUT2D eigenvalue weighted by Gasteiger charge is 2.37. The molecule has 1 heterocycles. The van der Waals surface area contributed by atoms with Gasteiger partial charge in [0.25, 0.3) is 5.91 Å². The fourth-order valence-electron chi connectivity index (χ4n) is 2.00. The van der Waals surface area contributed by atoms with Crippen LogP contribution in [0.15, 0.2) is 12.1 Å². The van der Waals surface area contributed by atoms with Crippen LogP contribution in [0.1, 0.15) is 35.3 Å². The second-order valence-corrected chi connectivity index (χ2v) is 4.95. The second-order valence-electron chi connectivity index (χ2n) is 4.57. The van der Waals surface area contributed by atoms with Gasteiger partial charge in [-0.15, -0.1) is 0 Å². The van der Waals surface area contributed by atoms with Gasteiger partial charge in [-0.2, -0.15) is 0 Å². The Morgan fingerprint density at radius 2 is 2.29 bits per heavy atom. The molecule has 1 amide bonds. The van der Waals surface area contributed by atoms with Crippen molar-refractivity contribution in [2.24, 2.45) is 0 Å². The van der Waals surface area contributed by atoms with Gasteiger partial charge in [-0.05, 0) is 38.3 Å². The molecule has 1 saturated carbocycles. The number of hydrogen-bond acceptors (Lipinski definition) is 3. The number of carbonyl (C=O) groups is 1. The fourth-order valence-corrected chi connectivity index (χ4v) is 2.25. The zero-order valence-corrected chi connectivity index (χ0v) is 10.4. The molecule has 4 nitrogen and oxygen atoms in total. The molecule has 1 aromatic heterocycles. The fraction of sp³-hybridized carbons (Fsp3) is 0.500. The Balaban J connectivity index is 2.14. The van der Waals surface area contributed by atoms with E-state index in [9.17, 15) is 9.90 Å². The minimum atomic E-state index is -0.430. The van der Waals surface area contributed by atoms with Crippen LogP contribution < -0.4 is 5.32 Å². The molecule has 0 bridgehead atoms.